The van der Waals surface area contributed by atoms with Crippen molar-refractivity contribution in [2.75, 3.05) is 32.8 Å². The number of nitrogens with zero attached hydrogens (tertiary/aromatic N) is 4. The highest BCUT2D eigenvalue weighted by atomic mass is 35.5. The second kappa shape index (κ2) is 9.35. The van der Waals surface area contributed by atoms with Gasteiger partial charge < -0.3 is 9.26 Å². The number of benzene rings is 2. The van der Waals surface area contributed by atoms with Crippen LogP contribution >= 0.6 is 11.6 Å². The summed E-state index contributed by atoms with van der Waals surface area (Å²) in [6, 6.07) is 14.0. The summed E-state index contributed by atoms with van der Waals surface area (Å²) >= 11 is 6.09. The van der Waals surface area contributed by atoms with E-state index in [0.29, 0.717) is 56.8 Å². The molecule has 1 aliphatic heterocycles. The predicted octanol–water partition coefficient (Wildman–Crippen LogP) is 3.30. The molecule has 0 N–H and O–H groups in total. The molecule has 0 radical (unpaired) electrons. The Bertz CT molecular complexity index is 1140. The van der Waals surface area contributed by atoms with Crippen LogP contribution in [0.1, 0.15) is 12.8 Å². The maximum Gasteiger partial charge on any atom is 0.244 e. The summed E-state index contributed by atoms with van der Waals surface area (Å²) < 4.78 is 38.3. The summed E-state index contributed by atoms with van der Waals surface area (Å²) in [7, 11) is -3.62. The van der Waals surface area contributed by atoms with E-state index < -0.39 is 10.0 Å². The summed E-state index contributed by atoms with van der Waals surface area (Å²) in [4.78, 5) is 6.72. The number of rotatable bonds is 7. The van der Waals surface area contributed by atoms with Crippen molar-refractivity contribution in [3.05, 3.63) is 59.4 Å². The van der Waals surface area contributed by atoms with E-state index in [9.17, 15) is 8.42 Å². The highest BCUT2D eigenvalue weighted by Crippen LogP contribution is 2.28. The van der Waals surface area contributed by atoms with Gasteiger partial charge in [0.25, 0.3) is 0 Å². The normalized spacial score (nSPS) is 15.8. The fourth-order valence-corrected chi connectivity index (χ4v) is 5.39. The molecular weight excluding hydrogens is 440 g/mol. The molecule has 0 saturated carbocycles. The van der Waals surface area contributed by atoms with Crippen LogP contribution in [-0.4, -0.2) is 60.5 Å². The summed E-state index contributed by atoms with van der Waals surface area (Å²) in [5.41, 5.74) is 0.773. The van der Waals surface area contributed by atoms with Gasteiger partial charge in [-0.05, 0) is 31.2 Å². The summed E-state index contributed by atoms with van der Waals surface area (Å²) in [5, 5.41) is 4.32. The van der Waals surface area contributed by atoms with E-state index in [0.717, 1.165) is 5.56 Å². The predicted molar refractivity (Wildman–Crippen MR) is 116 cm³/mol. The van der Waals surface area contributed by atoms with Crippen molar-refractivity contribution in [1.82, 2.24) is 19.3 Å². The zero-order chi connectivity index (χ0) is 21.8. The fraction of sp³-hybridized carbons (Fsp3) is 0.333. The van der Waals surface area contributed by atoms with Crippen LogP contribution in [0.4, 0.5) is 0 Å². The average Bonchev–Trinajstić information content (AvgIpc) is 3.23. The van der Waals surface area contributed by atoms with Gasteiger partial charge in [0.2, 0.25) is 21.7 Å². The molecule has 2 aromatic carbocycles. The van der Waals surface area contributed by atoms with Crippen molar-refractivity contribution < 1.29 is 17.7 Å². The number of halogens is 1. The van der Waals surface area contributed by atoms with Crippen LogP contribution in [0.2, 0.25) is 5.02 Å². The first kappa shape index (κ1) is 21.8. The van der Waals surface area contributed by atoms with Gasteiger partial charge in [0.15, 0.2) is 0 Å². The maximum atomic E-state index is 12.9. The van der Waals surface area contributed by atoms with E-state index in [-0.39, 0.29) is 9.92 Å². The highest BCUT2D eigenvalue weighted by Gasteiger charge is 2.30. The van der Waals surface area contributed by atoms with E-state index in [1.54, 1.807) is 18.2 Å². The Balaban J connectivity index is 1.40. The number of piperazine rings is 1. The lowest BCUT2D eigenvalue weighted by Gasteiger charge is -2.33. The van der Waals surface area contributed by atoms with E-state index in [2.05, 4.69) is 15.0 Å². The lowest BCUT2D eigenvalue weighted by atomic mass is 10.2. The van der Waals surface area contributed by atoms with Crippen LogP contribution in [-0.2, 0) is 16.6 Å². The van der Waals surface area contributed by atoms with Gasteiger partial charge in [-0.3, -0.25) is 4.90 Å². The first-order chi connectivity index (χ1) is 15.0. The zero-order valence-electron chi connectivity index (χ0n) is 17.1. The molecule has 164 valence electrons. The second-order valence-corrected chi connectivity index (χ2v) is 9.37. The van der Waals surface area contributed by atoms with Gasteiger partial charge in [0.1, 0.15) is 10.6 Å². The molecule has 0 aliphatic carbocycles. The van der Waals surface area contributed by atoms with Gasteiger partial charge in [-0.2, -0.15) is 9.29 Å². The van der Waals surface area contributed by atoms with Crippen LogP contribution in [0, 0.1) is 0 Å². The average molecular weight is 463 g/mol. The lowest BCUT2D eigenvalue weighted by molar-refractivity contribution is 0.163. The minimum absolute atomic E-state index is 0.139. The second-order valence-electron chi connectivity index (χ2n) is 7.05. The Labute approximate surface area is 186 Å². The van der Waals surface area contributed by atoms with Crippen LogP contribution in [0.3, 0.4) is 0 Å². The minimum Gasteiger partial charge on any atom is -0.493 e. The van der Waals surface area contributed by atoms with Gasteiger partial charge in [0.05, 0.1) is 23.7 Å². The largest absolute Gasteiger partial charge is 0.493 e. The Morgan fingerprint density at radius 1 is 1.06 bits per heavy atom. The molecule has 1 aromatic heterocycles. The summed E-state index contributed by atoms with van der Waals surface area (Å²) in [5.74, 6) is 1.65. The molecule has 1 saturated heterocycles. The Kier molecular flexibility index (Phi) is 6.57. The molecule has 4 rings (SSSR count). The molecule has 3 aromatic rings. The summed E-state index contributed by atoms with van der Waals surface area (Å²) in [6.45, 7) is 4.74. The maximum absolute atomic E-state index is 12.9. The number of aromatic nitrogens is 2. The van der Waals surface area contributed by atoms with Crippen LogP contribution in [0.5, 0.6) is 5.75 Å². The molecular formula is C21H23ClN4O4S. The molecule has 10 heteroatoms. The number of hydrogen-bond acceptors (Lipinski definition) is 7. The Hall–Kier alpha value is -2.46. The van der Waals surface area contributed by atoms with Gasteiger partial charge in [0, 0.05) is 26.2 Å². The molecule has 0 atom stereocenters. The molecule has 0 amide bonds. The highest BCUT2D eigenvalue weighted by molar-refractivity contribution is 7.89. The number of hydrogen-bond donors (Lipinski definition) is 0. The van der Waals surface area contributed by atoms with E-state index in [1.165, 1.54) is 10.4 Å². The first-order valence-electron chi connectivity index (χ1n) is 10.0. The van der Waals surface area contributed by atoms with Crippen molar-refractivity contribution in [1.29, 1.82) is 0 Å². The van der Waals surface area contributed by atoms with Gasteiger partial charge >= 0.3 is 0 Å². The van der Waals surface area contributed by atoms with E-state index in [4.69, 9.17) is 20.9 Å². The third-order valence-electron chi connectivity index (χ3n) is 5.04. The molecule has 1 fully saturated rings. The number of ether oxygens (including phenoxy) is 1. The minimum atomic E-state index is -3.62. The summed E-state index contributed by atoms with van der Waals surface area (Å²) in [6.07, 6.45) is 0. The van der Waals surface area contributed by atoms with Crippen molar-refractivity contribution >= 4 is 21.6 Å². The van der Waals surface area contributed by atoms with Crippen LogP contribution < -0.4 is 4.74 Å². The molecule has 2 heterocycles. The first-order valence-corrected chi connectivity index (χ1v) is 11.8. The van der Waals surface area contributed by atoms with Crippen molar-refractivity contribution in [3.63, 3.8) is 0 Å². The van der Waals surface area contributed by atoms with Gasteiger partial charge in [-0.25, -0.2) is 8.42 Å². The third-order valence-corrected chi connectivity index (χ3v) is 7.44. The topological polar surface area (TPSA) is 88.8 Å². The molecule has 31 heavy (non-hydrogen) atoms. The smallest absolute Gasteiger partial charge is 0.244 e. The monoisotopic (exact) mass is 462 g/mol. The third kappa shape index (κ3) is 4.74. The number of para-hydroxylation sites is 1. The lowest BCUT2D eigenvalue weighted by Crippen LogP contribution is -2.48. The van der Waals surface area contributed by atoms with Crippen molar-refractivity contribution in [2.24, 2.45) is 0 Å². The van der Waals surface area contributed by atoms with Crippen LogP contribution in [0.25, 0.3) is 11.4 Å². The molecule has 0 spiro atoms. The van der Waals surface area contributed by atoms with E-state index >= 15 is 0 Å². The van der Waals surface area contributed by atoms with Crippen molar-refractivity contribution in [3.8, 4) is 17.1 Å². The Morgan fingerprint density at radius 3 is 2.52 bits per heavy atom. The van der Waals surface area contributed by atoms with E-state index in [1.807, 2.05) is 31.2 Å². The molecule has 0 bridgehead atoms. The molecule has 1 aliphatic rings. The Morgan fingerprint density at radius 2 is 1.77 bits per heavy atom. The molecule has 0 unspecified atom stereocenters. The fourth-order valence-electron chi connectivity index (χ4n) is 3.47. The van der Waals surface area contributed by atoms with Gasteiger partial charge in [-0.1, -0.05) is 41.0 Å². The quantitative estimate of drug-likeness (QED) is 0.532. The van der Waals surface area contributed by atoms with Crippen LogP contribution in [0.15, 0.2) is 57.9 Å². The SMILES string of the molecule is CCOc1ccccc1-c1noc(CN2CCN(S(=O)(=O)c3ccccc3Cl)CC2)n1. The van der Waals surface area contributed by atoms with Crippen molar-refractivity contribution in [2.45, 2.75) is 18.4 Å². The molecule has 8 nitrogen and oxygen atoms in total. The number of sulfonamides is 1. The zero-order valence-corrected chi connectivity index (χ0v) is 18.6. The standard InChI is InChI=1S/C21H23ClN4O4S/c1-2-29-18-9-5-3-7-16(18)21-23-20(30-24-21)15-25-11-13-26(14-12-25)31(27,28)19-10-6-4-8-17(19)22/h3-10H,2,11-15H2,1H3. The van der Waals surface area contributed by atoms with Gasteiger partial charge in [-0.15, -0.1) is 0 Å².